The molecule has 0 bridgehead atoms. The number of nitrogens with one attached hydrogen (secondary N) is 1. The molecule has 0 unspecified atom stereocenters. The quantitative estimate of drug-likeness (QED) is 0.555. The van der Waals surface area contributed by atoms with Gasteiger partial charge in [-0.15, -0.1) is 0 Å². The van der Waals surface area contributed by atoms with Crippen LogP contribution in [0.1, 0.15) is 19.8 Å². The van der Waals surface area contributed by atoms with E-state index in [2.05, 4.69) is 5.32 Å². The SMILES string of the molecule is CC[C@@]1(F)CCNC1=O. The number of alkyl halides is 1. The molecule has 52 valence electrons. The predicted molar refractivity (Wildman–Crippen MR) is 31.8 cm³/mol. The Bertz CT molecular complexity index is 137. The van der Waals surface area contributed by atoms with Gasteiger partial charge in [-0.25, -0.2) is 4.39 Å². The van der Waals surface area contributed by atoms with Crippen molar-refractivity contribution in [1.82, 2.24) is 5.32 Å². The van der Waals surface area contributed by atoms with E-state index in [0.29, 0.717) is 19.4 Å². The summed E-state index contributed by atoms with van der Waals surface area (Å²) in [5, 5.41) is 2.45. The van der Waals surface area contributed by atoms with E-state index >= 15 is 0 Å². The van der Waals surface area contributed by atoms with Crippen molar-refractivity contribution in [1.29, 1.82) is 0 Å². The van der Waals surface area contributed by atoms with Crippen LogP contribution in [0.2, 0.25) is 0 Å². The van der Waals surface area contributed by atoms with E-state index in [4.69, 9.17) is 0 Å². The highest BCUT2D eigenvalue weighted by Crippen LogP contribution is 2.24. The molecule has 1 rings (SSSR count). The van der Waals surface area contributed by atoms with Gasteiger partial charge in [-0.2, -0.15) is 0 Å². The molecule has 0 saturated carbocycles. The summed E-state index contributed by atoms with van der Waals surface area (Å²) in [5.41, 5.74) is -1.56. The second-order valence-electron chi connectivity index (χ2n) is 2.32. The van der Waals surface area contributed by atoms with Crippen LogP contribution in [-0.4, -0.2) is 18.1 Å². The maximum absolute atomic E-state index is 13.0. The number of carbonyl (C=O) groups excluding carboxylic acids is 1. The fraction of sp³-hybridized carbons (Fsp3) is 0.833. The average Bonchev–Trinajstić information content (AvgIpc) is 2.15. The topological polar surface area (TPSA) is 29.1 Å². The van der Waals surface area contributed by atoms with Crippen LogP contribution in [0, 0.1) is 0 Å². The molecule has 1 aliphatic rings. The van der Waals surface area contributed by atoms with Crippen molar-refractivity contribution >= 4 is 5.91 Å². The van der Waals surface area contributed by atoms with Gasteiger partial charge >= 0.3 is 0 Å². The van der Waals surface area contributed by atoms with Crippen molar-refractivity contribution < 1.29 is 9.18 Å². The van der Waals surface area contributed by atoms with E-state index in [0.717, 1.165) is 0 Å². The Balaban J connectivity index is 2.67. The molecule has 1 heterocycles. The number of rotatable bonds is 1. The summed E-state index contributed by atoms with van der Waals surface area (Å²) in [6.45, 7) is 2.17. The average molecular weight is 131 g/mol. The van der Waals surface area contributed by atoms with Crippen LogP contribution < -0.4 is 5.32 Å². The van der Waals surface area contributed by atoms with Gasteiger partial charge in [0.2, 0.25) is 0 Å². The van der Waals surface area contributed by atoms with Crippen LogP contribution in [-0.2, 0) is 4.79 Å². The number of amides is 1. The van der Waals surface area contributed by atoms with Crippen LogP contribution in [0.15, 0.2) is 0 Å². The minimum absolute atomic E-state index is 0.291. The minimum Gasteiger partial charge on any atom is -0.353 e. The molecule has 2 nitrogen and oxygen atoms in total. The Kier molecular flexibility index (Phi) is 1.43. The molecule has 1 saturated heterocycles. The van der Waals surface area contributed by atoms with Crippen molar-refractivity contribution in [2.45, 2.75) is 25.4 Å². The Hall–Kier alpha value is -0.600. The summed E-state index contributed by atoms with van der Waals surface area (Å²) >= 11 is 0. The third-order valence-corrected chi connectivity index (χ3v) is 1.77. The van der Waals surface area contributed by atoms with E-state index in [1.165, 1.54) is 0 Å². The standard InChI is InChI=1S/C6H10FNO/c1-2-6(7)3-4-8-5(6)9/h2-4H2,1H3,(H,8,9)/t6-/m1/s1. The molecule has 1 fully saturated rings. The van der Waals surface area contributed by atoms with Crippen molar-refractivity contribution in [3.63, 3.8) is 0 Å². The predicted octanol–water partition coefficient (Wildman–Crippen LogP) is 0.625. The van der Waals surface area contributed by atoms with Gasteiger partial charge < -0.3 is 5.32 Å². The first kappa shape index (κ1) is 6.52. The molecule has 0 spiro atoms. The first-order valence-electron chi connectivity index (χ1n) is 3.16. The fourth-order valence-electron chi connectivity index (χ4n) is 0.983. The highest BCUT2D eigenvalue weighted by Gasteiger charge is 2.40. The van der Waals surface area contributed by atoms with Crippen molar-refractivity contribution in [2.75, 3.05) is 6.54 Å². The fourth-order valence-corrected chi connectivity index (χ4v) is 0.983. The van der Waals surface area contributed by atoms with Crippen LogP contribution >= 0.6 is 0 Å². The van der Waals surface area contributed by atoms with Crippen LogP contribution in [0.25, 0.3) is 0 Å². The zero-order valence-electron chi connectivity index (χ0n) is 5.41. The maximum atomic E-state index is 13.0. The lowest BCUT2D eigenvalue weighted by molar-refractivity contribution is -0.129. The van der Waals surface area contributed by atoms with E-state index in [1.54, 1.807) is 6.92 Å². The van der Waals surface area contributed by atoms with E-state index in [-0.39, 0.29) is 0 Å². The molecule has 1 aliphatic heterocycles. The number of hydrogen-bond donors (Lipinski definition) is 1. The number of hydrogen-bond acceptors (Lipinski definition) is 1. The monoisotopic (exact) mass is 131 g/mol. The maximum Gasteiger partial charge on any atom is 0.257 e. The van der Waals surface area contributed by atoms with Gasteiger partial charge in [0.05, 0.1) is 0 Å². The third-order valence-electron chi connectivity index (χ3n) is 1.77. The molecule has 0 radical (unpaired) electrons. The molecule has 1 N–H and O–H groups in total. The zero-order chi connectivity index (χ0) is 6.91. The molecular weight excluding hydrogens is 121 g/mol. The minimum atomic E-state index is -1.56. The third kappa shape index (κ3) is 0.910. The number of carbonyl (C=O) groups is 1. The van der Waals surface area contributed by atoms with Crippen LogP contribution in [0.5, 0.6) is 0 Å². The van der Waals surface area contributed by atoms with Gasteiger partial charge in [0.25, 0.3) is 5.91 Å². The van der Waals surface area contributed by atoms with Gasteiger partial charge in [-0.05, 0) is 6.42 Å². The smallest absolute Gasteiger partial charge is 0.257 e. The molecule has 0 aromatic rings. The lowest BCUT2D eigenvalue weighted by Gasteiger charge is -2.11. The molecule has 1 atom stereocenters. The first-order valence-corrected chi connectivity index (χ1v) is 3.16. The second kappa shape index (κ2) is 1.97. The Labute approximate surface area is 53.4 Å². The lowest BCUT2D eigenvalue weighted by atomic mass is 10.0. The summed E-state index contributed by atoms with van der Waals surface area (Å²) in [4.78, 5) is 10.6. The lowest BCUT2D eigenvalue weighted by Crippen LogP contribution is -2.32. The molecule has 0 aromatic carbocycles. The Morgan fingerprint density at radius 2 is 2.56 bits per heavy atom. The molecule has 9 heavy (non-hydrogen) atoms. The summed E-state index contributed by atoms with van der Waals surface area (Å²) in [6, 6.07) is 0. The molecular formula is C6H10FNO. The highest BCUT2D eigenvalue weighted by atomic mass is 19.1. The van der Waals surface area contributed by atoms with Crippen molar-refractivity contribution in [3.8, 4) is 0 Å². The zero-order valence-corrected chi connectivity index (χ0v) is 5.41. The first-order chi connectivity index (χ1) is 4.19. The summed E-state index contributed by atoms with van der Waals surface area (Å²) < 4.78 is 13.0. The van der Waals surface area contributed by atoms with E-state index < -0.39 is 11.6 Å². The summed E-state index contributed by atoms with van der Waals surface area (Å²) in [7, 11) is 0. The van der Waals surface area contributed by atoms with Gasteiger partial charge in [-0.3, -0.25) is 4.79 Å². The summed E-state index contributed by atoms with van der Waals surface area (Å²) in [6.07, 6.45) is 0.626. The molecule has 1 amide bonds. The summed E-state index contributed by atoms with van der Waals surface area (Å²) in [5.74, 6) is -0.440. The second-order valence-corrected chi connectivity index (χ2v) is 2.32. The van der Waals surface area contributed by atoms with Crippen molar-refractivity contribution in [3.05, 3.63) is 0 Å². The van der Waals surface area contributed by atoms with Crippen LogP contribution in [0.3, 0.4) is 0 Å². The normalized spacial score (nSPS) is 34.7. The van der Waals surface area contributed by atoms with E-state index in [1.807, 2.05) is 0 Å². The molecule has 0 aromatic heterocycles. The highest BCUT2D eigenvalue weighted by molar-refractivity contribution is 5.86. The van der Waals surface area contributed by atoms with Crippen molar-refractivity contribution in [2.24, 2.45) is 0 Å². The largest absolute Gasteiger partial charge is 0.353 e. The van der Waals surface area contributed by atoms with Gasteiger partial charge in [0.1, 0.15) is 0 Å². The Morgan fingerprint density at radius 3 is 2.78 bits per heavy atom. The van der Waals surface area contributed by atoms with Crippen LogP contribution in [0.4, 0.5) is 4.39 Å². The van der Waals surface area contributed by atoms with Gasteiger partial charge in [-0.1, -0.05) is 6.92 Å². The number of halogens is 1. The van der Waals surface area contributed by atoms with Gasteiger partial charge in [0, 0.05) is 13.0 Å². The van der Waals surface area contributed by atoms with Gasteiger partial charge in [0.15, 0.2) is 5.67 Å². The molecule has 0 aliphatic carbocycles. The van der Waals surface area contributed by atoms with E-state index in [9.17, 15) is 9.18 Å². The Morgan fingerprint density at radius 1 is 1.89 bits per heavy atom. The molecule has 3 heteroatoms.